The van der Waals surface area contributed by atoms with Crippen LogP contribution in [-0.4, -0.2) is 23.4 Å². The van der Waals surface area contributed by atoms with Crippen molar-refractivity contribution < 1.29 is 9.28 Å². The molecule has 2 nitrogen and oxygen atoms in total. The molecule has 2 bridgehead atoms. The van der Waals surface area contributed by atoms with Crippen molar-refractivity contribution in [2.45, 2.75) is 25.4 Å². The lowest BCUT2D eigenvalue weighted by Gasteiger charge is -2.53. The van der Waals surface area contributed by atoms with Crippen LogP contribution in [0.4, 0.5) is 0 Å². The average molecular weight is 292 g/mol. The lowest BCUT2D eigenvalue weighted by molar-refractivity contribution is -0.970. The van der Waals surface area contributed by atoms with Crippen LogP contribution < -0.4 is 0 Å². The van der Waals surface area contributed by atoms with E-state index in [1.807, 2.05) is 6.07 Å². The summed E-state index contributed by atoms with van der Waals surface area (Å²) in [7, 11) is 0. The van der Waals surface area contributed by atoms with Crippen LogP contribution in [0.3, 0.4) is 0 Å². The van der Waals surface area contributed by atoms with Crippen LogP contribution in [0.25, 0.3) is 0 Å². The molecule has 3 heterocycles. The standard InChI is InChI=1S/C20H22NO/c22-20-18-11-13-21(14-12-18,15-16-7-3-1-4-8-16)19(20)17-9-5-2-6-10-17/h1-10,18-19H,11-15H2/q+1. The highest BCUT2D eigenvalue weighted by atomic mass is 16.1. The zero-order valence-corrected chi connectivity index (χ0v) is 12.8. The molecule has 0 spiro atoms. The van der Waals surface area contributed by atoms with Crippen LogP contribution in [-0.2, 0) is 11.3 Å². The molecule has 0 N–H and O–H groups in total. The van der Waals surface area contributed by atoms with Gasteiger partial charge in [-0.3, -0.25) is 4.79 Å². The van der Waals surface area contributed by atoms with Gasteiger partial charge in [-0.15, -0.1) is 0 Å². The van der Waals surface area contributed by atoms with Crippen LogP contribution in [0.1, 0.15) is 30.0 Å². The van der Waals surface area contributed by atoms with Crippen molar-refractivity contribution in [2.24, 2.45) is 5.92 Å². The van der Waals surface area contributed by atoms with Gasteiger partial charge < -0.3 is 4.48 Å². The van der Waals surface area contributed by atoms with Crippen molar-refractivity contribution in [3.63, 3.8) is 0 Å². The summed E-state index contributed by atoms with van der Waals surface area (Å²) >= 11 is 0. The van der Waals surface area contributed by atoms with Crippen LogP contribution in [0.15, 0.2) is 60.7 Å². The quantitative estimate of drug-likeness (QED) is 0.788. The first kappa shape index (κ1) is 13.7. The Morgan fingerprint density at radius 1 is 0.864 bits per heavy atom. The number of nitrogens with zero attached hydrogens (tertiary/aromatic N) is 1. The smallest absolute Gasteiger partial charge is 0.198 e. The first-order valence-electron chi connectivity index (χ1n) is 8.27. The van der Waals surface area contributed by atoms with E-state index in [9.17, 15) is 4.79 Å². The van der Waals surface area contributed by atoms with Gasteiger partial charge in [-0.2, -0.15) is 0 Å². The molecule has 5 rings (SSSR count). The Hall–Kier alpha value is -1.93. The van der Waals surface area contributed by atoms with Crippen molar-refractivity contribution in [3.8, 4) is 0 Å². The van der Waals surface area contributed by atoms with Gasteiger partial charge >= 0.3 is 0 Å². The Kier molecular flexibility index (Phi) is 3.34. The van der Waals surface area contributed by atoms with E-state index in [0.717, 1.165) is 37.0 Å². The molecule has 1 atom stereocenters. The molecular weight excluding hydrogens is 270 g/mol. The van der Waals surface area contributed by atoms with E-state index in [4.69, 9.17) is 0 Å². The third-order valence-electron chi connectivity index (χ3n) is 5.52. The summed E-state index contributed by atoms with van der Waals surface area (Å²) in [6.07, 6.45) is 2.13. The molecule has 0 saturated carbocycles. The first-order valence-corrected chi connectivity index (χ1v) is 8.27. The Labute approximate surface area is 132 Å². The van der Waals surface area contributed by atoms with Gasteiger partial charge in [-0.1, -0.05) is 60.7 Å². The highest BCUT2D eigenvalue weighted by molar-refractivity contribution is 5.87. The van der Waals surface area contributed by atoms with Gasteiger partial charge in [-0.05, 0) is 0 Å². The monoisotopic (exact) mass is 292 g/mol. The fourth-order valence-electron chi connectivity index (χ4n) is 4.43. The van der Waals surface area contributed by atoms with Crippen LogP contribution >= 0.6 is 0 Å². The van der Waals surface area contributed by atoms with Crippen LogP contribution in [0.5, 0.6) is 0 Å². The minimum Gasteiger partial charge on any atom is -0.307 e. The summed E-state index contributed by atoms with van der Waals surface area (Å²) in [6, 6.07) is 21.1. The molecule has 2 heteroatoms. The Morgan fingerprint density at radius 2 is 1.45 bits per heavy atom. The van der Waals surface area contributed by atoms with E-state index < -0.39 is 0 Å². The number of piperidine rings is 3. The minimum atomic E-state index is 0.0360. The van der Waals surface area contributed by atoms with E-state index in [1.165, 1.54) is 11.1 Å². The summed E-state index contributed by atoms with van der Waals surface area (Å²) in [5.41, 5.74) is 2.55. The van der Waals surface area contributed by atoms with Gasteiger partial charge in [0, 0.05) is 29.9 Å². The summed E-state index contributed by atoms with van der Waals surface area (Å²) < 4.78 is 0.920. The second-order valence-corrected chi connectivity index (χ2v) is 6.80. The molecule has 3 aliphatic rings. The van der Waals surface area contributed by atoms with Crippen molar-refractivity contribution in [1.29, 1.82) is 0 Å². The predicted molar refractivity (Wildman–Crippen MR) is 87.1 cm³/mol. The molecule has 0 aromatic heterocycles. The molecule has 2 aromatic carbocycles. The largest absolute Gasteiger partial charge is 0.307 e. The van der Waals surface area contributed by atoms with Gasteiger partial charge in [0.2, 0.25) is 0 Å². The number of ketones is 1. The maximum absolute atomic E-state index is 13.0. The number of rotatable bonds is 3. The second-order valence-electron chi connectivity index (χ2n) is 6.80. The molecule has 1 unspecified atom stereocenters. The topological polar surface area (TPSA) is 17.1 Å². The van der Waals surface area contributed by atoms with E-state index in [-0.39, 0.29) is 6.04 Å². The zero-order chi connectivity index (χ0) is 15.0. The number of hydrogen-bond acceptors (Lipinski definition) is 1. The molecule has 22 heavy (non-hydrogen) atoms. The molecule has 3 aliphatic heterocycles. The van der Waals surface area contributed by atoms with Gasteiger partial charge in [-0.25, -0.2) is 0 Å². The number of benzene rings is 2. The maximum Gasteiger partial charge on any atom is 0.198 e. The Morgan fingerprint density at radius 3 is 2.09 bits per heavy atom. The summed E-state index contributed by atoms with van der Waals surface area (Å²) in [5.74, 6) is 0.764. The summed E-state index contributed by atoms with van der Waals surface area (Å²) in [6.45, 7) is 3.23. The molecule has 3 saturated heterocycles. The highest BCUT2D eigenvalue weighted by Crippen LogP contribution is 2.45. The fraction of sp³-hybridized carbons (Fsp3) is 0.350. The summed E-state index contributed by atoms with van der Waals surface area (Å²) in [4.78, 5) is 13.0. The number of hydrogen-bond donors (Lipinski definition) is 0. The number of quaternary nitrogens is 1. The SMILES string of the molecule is O=C1C2CC[N+](Cc3ccccc3)(CC2)C1c1ccccc1. The van der Waals surface area contributed by atoms with Gasteiger partial charge in [0.25, 0.3) is 0 Å². The van der Waals surface area contributed by atoms with Gasteiger partial charge in [0.15, 0.2) is 11.8 Å². The van der Waals surface area contributed by atoms with Crippen molar-refractivity contribution in [2.75, 3.05) is 13.1 Å². The van der Waals surface area contributed by atoms with E-state index in [0.29, 0.717) is 11.7 Å². The third kappa shape index (κ3) is 2.19. The lowest BCUT2D eigenvalue weighted by Crippen LogP contribution is -2.63. The number of Topliss-reactive ketones (excluding diaryl/α,β-unsaturated/α-hetero) is 1. The maximum atomic E-state index is 13.0. The van der Waals surface area contributed by atoms with Crippen LogP contribution in [0, 0.1) is 5.92 Å². The number of fused-ring (bicyclic) bond motifs is 3. The molecule has 3 fully saturated rings. The fourth-order valence-corrected chi connectivity index (χ4v) is 4.43. The lowest BCUT2D eigenvalue weighted by atomic mass is 9.76. The molecule has 0 amide bonds. The predicted octanol–water partition coefficient (Wildman–Crippen LogP) is 3.74. The van der Waals surface area contributed by atoms with Crippen molar-refractivity contribution >= 4 is 5.78 Å². The Bertz CT molecular complexity index is 657. The molecule has 0 aliphatic carbocycles. The van der Waals surface area contributed by atoms with Crippen LogP contribution in [0.2, 0.25) is 0 Å². The second kappa shape index (κ2) is 5.36. The molecule has 0 radical (unpaired) electrons. The molecule has 112 valence electrons. The van der Waals surface area contributed by atoms with E-state index in [2.05, 4.69) is 54.6 Å². The average Bonchev–Trinajstić information content (AvgIpc) is 2.57. The van der Waals surface area contributed by atoms with Crippen molar-refractivity contribution in [1.82, 2.24) is 0 Å². The number of carbonyl (C=O) groups excluding carboxylic acids is 1. The molecular formula is C20H22NO+. The highest BCUT2D eigenvalue weighted by Gasteiger charge is 2.53. The first-order chi connectivity index (χ1) is 10.8. The van der Waals surface area contributed by atoms with E-state index in [1.54, 1.807) is 0 Å². The zero-order valence-electron chi connectivity index (χ0n) is 12.8. The minimum absolute atomic E-state index is 0.0360. The third-order valence-corrected chi connectivity index (χ3v) is 5.52. The van der Waals surface area contributed by atoms with E-state index >= 15 is 0 Å². The number of carbonyl (C=O) groups is 1. The Balaban J connectivity index is 1.75. The summed E-state index contributed by atoms with van der Waals surface area (Å²) in [5, 5.41) is 0. The molecule has 2 aromatic rings. The van der Waals surface area contributed by atoms with Gasteiger partial charge in [0.1, 0.15) is 6.54 Å². The van der Waals surface area contributed by atoms with Gasteiger partial charge in [0.05, 0.1) is 13.1 Å². The van der Waals surface area contributed by atoms with Crippen molar-refractivity contribution in [3.05, 3.63) is 71.8 Å². The normalized spacial score (nSPS) is 30.5.